The van der Waals surface area contributed by atoms with E-state index >= 15 is 0 Å². The number of carbonyl (C=O) groups excluding carboxylic acids is 2. The maximum atomic E-state index is 12.6. The van der Waals surface area contributed by atoms with Gasteiger partial charge in [0.1, 0.15) is 5.52 Å². The van der Waals surface area contributed by atoms with Crippen molar-refractivity contribution >= 4 is 22.9 Å². The van der Waals surface area contributed by atoms with E-state index in [1.165, 1.54) is 6.39 Å². The number of fused-ring (bicyclic) bond motifs is 1. The summed E-state index contributed by atoms with van der Waals surface area (Å²) in [6, 6.07) is 14.9. The minimum atomic E-state index is 0.0217. The Morgan fingerprint density at radius 1 is 0.962 bits per heavy atom. The SMILES string of the molecule is O=C(Cc1ccc2ncoc2c1)N1CCN(C(=O)c2ccccc2)CC1. The van der Waals surface area contributed by atoms with Crippen molar-refractivity contribution in [2.45, 2.75) is 6.42 Å². The molecule has 1 fully saturated rings. The Bertz CT molecular complexity index is 928. The summed E-state index contributed by atoms with van der Waals surface area (Å²) in [4.78, 5) is 32.7. The fourth-order valence-electron chi connectivity index (χ4n) is 3.22. The molecule has 0 radical (unpaired) electrons. The zero-order valence-electron chi connectivity index (χ0n) is 14.3. The fraction of sp³-hybridized carbons (Fsp3) is 0.250. The average molecular weight is 349 g/mol. The van der Waals surface area contributed by atoms with Gasteiger partial charge in [0.15, 0.2) is 12.0 Å². The van der Waals surface area contributed by atoms with Crippen LogP contribution in [0.4, 0.5) is 0 Å². The van der Waals surface area contributed by atoms with E-state index < -0.39 is 0 Å². The molecule has 0 spiro atoms. The van der Waals surface area contributed by atoms with Gasteiger partial charge in [-0.3, -0.25) is 9.59 Å². The van der Waals surface area contributed by atoms with E-state index in [4.69, 9.17) is 4.42 Å². The van der Waals surface area contributed by atoms with Crippen LogP contribution in [0, 0.1) is 0 Å². The second kappa shape index (κ2) is 7.00. The summed E-state index contributed by atoms with van der Waals surface area (Å²) in [6.45, 7) is 2.23. The van der Waals surface area contributed by atoms with Crippen LogP contribution in [0.3, 0.4) is 0 Å². The van der Waals surface area contributed by atoms with Gasteiger partial charge in [-0.2, -0.15) is 0 Å². The number of benzene rings is 2. The third-order valence-corrected chi connectivity index (χ3v) is 4.69. The molecule has 6 heteroatoms. The van der Waals surface area contributed by atoms with Crippen LogP contribution in [0.5, 0.6) is 0 Å². The van der Waals surface area contributed by atoms with Crippen molar-refractivity contribution in [1.29, 1.82) is 0 Å². The van der Waals surface area contributed by atoms with Crippen LogP contribution < -0.4 is 0 Å². The number of rotatable bonds is 3. The molecule has 2 aromatic carbocycles. The molecule has 0 atom stereocenters. The van der Waals surface area contributed by atoms with Gasteiger partial charge < -0.3 is 14.2 Å². The standard InChI is InChI=1S/C20H19N3O3/c24-19(13-15-6-7-17-18(12-15)26-14-21-17)22-8-10-23(11-9-22)20(25)16-4-2-1-3-5-16/h1-7,12,14H,8-11,13H2. The summed E-state index contributed by atoms with van der Waals surface area (Å²) in [5.41, 5.74) is 3.07. The van der Waals surface area contributed by atoms with Gasteiger partial charge in [-0.05, 0) is 29.8 Å². The van der Waals surface area contributed by atoms with Crippen LogP contribution >= 0.6 is 0 Å². The molecule has 132 valence electrons. The maximum Gasteiger partial charge on any atom is 0.253 e. The predicted molar refractivity (Wildman–Crippen MR) is 96.6 cm³/mol. The monoisotopic (exact) mass is 349 g/mol. The molecule has 1 aliphatic rings. The third-order valence-electron chi connectivity index (χ3n) is 4.69. The smallest absolute Gasteiger partial charge is 0.253 e. The van der Waals surface area contributed by atoms with Crippen LogP contribution in [-0.2, 0) is 11.2 Å². The summed E-state index contributed by atoms with van der Waals surface area (Å²) in [6.07, 6.45) is 1.72. The maximum absolute atomic E-state index is 12.6. The molecule has 1 aliphatic heterocycles. The number of nitrogens with zero attached hydrogens (tertiary/aromatic N) is 3. The highest BCUT2D eigenvalue weighted by atomic mass is 16.3. The Hall–Kier alpha value is -3.15. The first-order valence-corrected chi connectivity index (χ1v) is 8.65. The molecule has 0 bridgehead atoms. The van der Waals surface area contributed by atoms with Crippen molar-refractivity contribution in [3.8, 4) is 0 Å². The lowest BCUT2D eigenvalue weighted by Gasteiger charge is -2.35. The number of piperazine rings is 1. The van der Waals surface area contributed by atoms with Gasteiger partial charge in [0.05, 0.1) is 6.42 Å². The summed E-state index contributed by atoms with van der Waals surface area (Å²) in [5, 5.41) is 0. The van der Waals surface area contributed by atoms with Crippen molar-refractivity contribution in [3.05, 3.63) is 66.1 Å². The van der Waals surface area contributed by atoms with Crippen molar-refractivity contribution in [1.82, 2.24) is 14.8 Å². The third kappa shape index (κ3) is 3.31. The number of carbonyl (C=O) groups is 2. The minimum absolute atomic E-state index is 0.0217. The van der Waals surface area contributed by atoms with E-state index in [-0.39, 0.29) is 11.8 Å². The Kier molecular flexibility index (Phi) is 4.39. The fourth-order valence-corrected chi connectivity index (χ4v) is 3.22. The molecule has 0 N–H and O–H groups in total. The lowest BCUT2D eigenvalue weighted by Crippen LogP contribution is -2.51. The zero-order valence-corrected chi connectivity index (χ0v) is 14.3. The van der Waals surface area contributed by atoms with E-state index in [1.807, 2.05) is 53.4 Å². The van der Waals surface area contributed by atoms with Gasteiger partial charge in [0.2, 0.25) is 5.91 Å². The Morgan fingerprint density at radius 3 is 2.46 bits per heavy atom. The number of hydrogen-bond donors (Lipinski definition) is 0. The molecule has 0 saturated carbocycles. The molecule has 0 aliphatic carbocycles. The first kappa shape index (κ1) is 16.3. The second-order valence-corrected chi connectivity index (χ2v) is 6.37. The number of amides is 2. The van der Waals surface area contributed by atoms with Gasteiger partial charge in [0, 0.05) is 31.7 Å². The van der Waals surface area contributed by atoms with Crippen molar-refractivity contribution in [2.24, 2.45) is 0 Å². The summed E-state index contributed by atoms with van der Waals surface area (Å²) >= 11 is 0. The van der Waals surface area contributed by atoms with Gasteiger partial charge in [0.25, 0.3) is 5.91 Å². The van der Waals surface area contributed by atoms with Crippen molar-refractivity contribution in [2.75, 3.05) is 26.2 Å². The minimum Gasteiger partial charge on any atom is -0.443 e. The van der Waals surface area contributed by atoms with Crippen LogP contribution in [0.15, 0.2) is 59.3 Å². The predicted octanol–water partition coefficient (Wildman–Crippen LogP) is 2.35. The first-order chi connectivity index (χ1) is 12.7. The van der Waals surface area contributed by atoms with E-state index in [0.29, 0.717) is 43.7 Å². The molecule has 1 aromatic heterocycles. The second-order valence-electron chi connectivity index (χ2n) is 6.37. The number of aromatic nitrogens is 1. The van der Waals surface area contributed by atoms with Gasteiger partial charge in [-0.1, -0.05) is 24.3 Å². The average Bonchev–Trinajstić information content (AvgIpc) is 3.16. The van der Waals surface area contributed by atoms with Gasteiger partial charge >= 0.3 is 0 Å². The normalized spacial score (nSPS) is 14.6. The summed E-state index contributed by atoms with van der Waals surface area (Å²) < 4.78 is 5.29. The van der Waals surface area contributed by atoms with E-state index in [1.54, 1.807) is 4.90 Å². The molecule has 2 amide bonds. The molecule has 3 aromatic rings. The Morgan fingerprint density at radius 2 is 1.69 bits per heavy atom. The van der Waals surface area contributed by atoms with E-state index in [9.17, 15) is 9.59 Å². The highest BCUT2D eigenvalue weighted by Crippen LogP contribution is 2.16. The lowest BCUT2D eigenvalue weighted by atomic mass is 10.1. The Balaban J connectivity index is 1.35. The summed E-state index contributed by atoms with van der Waals surface area (Å²) in [5.74, 6) is 0.0872. The molecule has 0 unspecified atom stereocenters. The highest BCUT2D eigenvalue weighted by molar-refractivity contribution is 5.94. The van der Waals surface area contributed by atoms with Crippen molar-refractivity contribution < 1.29 is 14.0 Å². The molecule has 26 heavy (non-hydrogen) atoms. The summed E-state index contributed by atoms with van der Waals surface area (Å²) in [7, 11) is 0. The highest BCUT2D eigenvalue weighted by Gasteiger charge is 2.24. The van der Waals surface area contributed by atoms with Gasteiger partial charge in [-0.25, -0.2) is 4.98 Å². The van der Waals surface area contributed by atoms with Crippen LogP contribution in [0.25, 0.3) is 11.1 Å². The van der Waals surface area contributed by atoms with Crippen LogP contribution in [0.2, 0.25) is 0 Å². The molecule has 4 rings (SSSR count). The quantitative estimate of drug-likeness (QED) is 0.728. The van der Waals surface area contributed by atoms with Crippen LogP contribution in [-0.4, -0.2) is 52.8 Å². The van der Waals surface area contributed by atoms with Crippen LogP contribution in [0.1, 0.15) is 15.9 Å². The lowest BCUT2D eigenvalue weighted by molar-refractivity contribution is -0.131. The first-order valence-electron chi connectivity index (χ1n) is 8.65. The van der Waals surface area contributed by atoms with Crippen molar-refractivity contribution in [3.63, 3.8) is 0 Å². The molecule has 1 saturated heterocycles. The molecule has 6 nitrogen and oxygen atoms in total. The number of oxazole rings is 1. The molecular weight excluding hydrogens is 330 g/mol. The van der Waals surface area contributed by atoms with E-state index in [2.05, 4.69) is 4.98 Å². The Labute approximate surface area is 151 Å². The van der Waals surface area contributed by atoms with E-state index in [0.717, 1.165) is 11.1 Å². The largest absolute Gasteiger partial charge is 0.443 e. The topological polar surface area (TPSA) is 66.7 Å². The molecular formula is C20H19N3O3. The zero-order chi connectivity index (χ0) is 17.9. The molecule has 2 heterocycles. The van der Waals surface area contributed by atoms with Gasteiger partial charge in [-0.15, -0.1) is 0 Å². The number of hydrogen-bond acceptors (Lipinski definition) is 4.